The summed E-state index contributed by atoms with van der Waals surface area (Å²) in [6.07, 6.45) is 4.34. The van der Waals surface area contributed by atoms with E-state index in [0.29, 0.717) is 18.5 Å². The second kappa shape index (κ2) is 11.5. The molecule has 0 aliphatic rings. The number of rotatable bonds is 9. The van der Waals surface area contributed by atoms with Crippen molar-refractivity contribution in [1.29, 1.82) is 0 Å². The molecule has 5 nitrogen and oxygen atoms in total. The fraction of sp³-hybridized carbons (Fsp3) is 0.500. The van der Waals surface area contributed by atoms with Crippen LogP contribution in [0.15, 0.2) is 18.2 Å². The summed E-state index contributed by atoms with van der Waals surface area (Å²) >= 11 is 0. The molecule has 0 saturated heterocycles. The van der Waals surface area contributed by atoms with E-state index in [1.54, 1.807) is 12.1 Å². The monoisotopic (exact) mass is 315 g/mol. The number of carbonyl (C=O) groups excluding carboxylic acids is 2. The van der Waals surface area contributed by atoms with Crippen molar-refractivity contribution in [2.24, 2.45) is 0 Å². The fourth-order valence-corrected chi connectivity index (χ4v) is 2.05. The number of carbonyl (C=O) groups is 2. The van der Waals surface area contributed by atoms with Crippen molar-refractivity contribution in [3.8, 4) is 5.75 Å². The number of phenols is 1. The van der Waals surface area contributed by atoms with Gasteiger partial charge in [-0.25, -0.2) is 0 Å². The Morgan fingerprint density at radius 3 is 2.45 bits per heavy atom. The van der Waals surface area contributed by atoms with E-state index >= 15 is 0 Å². The zero-order valence-corrected chi connectivity index (χ0v) is 15.4. The minimum Gasteiger partial charge on any atom is -0.550 e. The molecule has 116 valence electrons. The summed E-state index contributed by atoms with van der Waals surface area (Å²) in [5.74, 6) is -1.28. The first-order valence-corrected chi connectivity index (χ1v) is 7.28. The average Bonchev–Trinajstić information content (AvgIpc) is 2.43. The molecule has 0 aliphatic heterocycles. The molecule has 1 aromatic carbocycles. The van der Waals surface area contributed by atoms with Crippen LogP contribution in [-0.2, 0) is 4.79 Å². The summed E-state index contributed by atoms with van der Waals surface area (Å²) < 4.78 is 0. The molecular weight excluding hydrogens is 293 g/mol. The van der Waals surface area contributed by atoms with E-state index in [1.807, 2.05) is 6.92 Å². The summed E-state index contributed by atoms with van der Waals surface area (Å²) in [6, 6.07) is 4.92. The number of amides is 1. The third kappa shape index (κ3) is 8.41. The van der Waals surface area contributed by atoms with Gasteiger partial charge in [-0.2, -0.15) is 0 Å². The second-order valence-electron chi connectivity index (χ2n) is 5.17. The van der Waals surface area contributed by atoms with Gasteiger partial charge in [-0.05, 0) is 38.3 Å². The molecule has 22 heavy (non-hydrogen) atoms. The van der Waals surface area contributed by atoms with Crippen LogP contribution >= 0.6 is 0 Å². The zero-order chi connectivity index (χ0) is 15.7. The molecule has 6 heteroatoms. The Morgan fingerprint density at radius 2 is 1.77 bits per heavy atom. The van der Waals surface area contributed by atoms with E-state index in [0.717, 1.165) is 31.2 Å². The fourth-order valence-electron chi connectivity index (χ4n) is 2.05. The van der Waals surface area contributed by atoms with Crippen molar-refractivity contribution in [3.63, 3.8) is 0 Å². The molecule has 0 aliphatic carbocycles. The van der Waals surface area contributed by atoms with E-state index in [-0.39, 0.29) is 47.6 Å². The normalized spacial score (nSPS) is 9.86. The van der Waals surface area contributed by atoms with Gasteiger partial charge in [0.25, 0.3) is 5.91 Å². The topological polar surface area (TPSA) is 89.5 Å². The van der Waals surface area contributed by atoms with Crippen molar-refractivity contribution in [2.45, 2.75) is 45.4 Å². The molecule has 0 atom stereocenters. The minimum atomic E-state index is -1.000. The molecule has 0 unspecified atom stereocenters. The maximum Gasteiger partial charge on any atom is 1.00 e. The van der Waals surface area contributed by atoms with Crippen LogP contribution < -0.4 is 40.0 Å². The van der Waals surface area contributed by atoms with Crippen molar-refractivity contribution >= 4 is 11.9 Å². The van der Waals surface area contributed by atoms with Gasteiger partial charge in [0.15, 0.2) is 0 Å². The molecular formula is C16H22NNaO4. The van der Waals surface area contributed by atoms with Gasteiger partial charge >= 0.3 is 29.6 Å². The third-order valence-corrected chi connectivity index (χ3v) is 3.24. The number of nitrogens with one attached hydrogen (secondary N) is 1. The van der Waals surface area contributed by atoms with Gasteiger partial charge in [0.05, 0.1) is 5.56 Å². The predicted octanol–water partition coefficient (Wildman–Crippen LogP) is -1.48. The van der Waals surface area contributed by atoms with Gasteiger partial charge in [-0.3, -0.25) is 4.79 Å². The van der Waals surface area contributed by atoms with Crippen LogP contribution in [0.4, 0.5) is 0 Å². The number of phenolic OH excluding ortho intramolecular Hbond substituents is 1. The van der Waals surface area contributed by atoms with Crippen LogP contribution in [0.1, 0.15) is 54.4 Å². The maximum absolute atomic E-state index is 11.9. The maximum atomic E-state index is 11.9. The van der Waals surface area contributed by atoms with Gasteiger partial charge in [-0.15, -0.1) is 0 Å². The average molecular weight is 315 g/mol. The molecule has 0 spiro atoms. The number of aromatic hydroxyl groups is 1. The molecule has 0 heterocycles. The molecule has 1 amide bonds. The van der Waals surface area contributed by atoms with Gasteiger partial charge in [0.1, 0.15) is 5.75 Å². The summed E-state index contributed by atoms with van der Waals surface area (Å²) in [5, 5.41) is 22.6. The number of carboxylic acid groups (broad SMARTS) is 1. The van der Waals surface area contributed by atoms with Gasteiger partial charge in [0.2, 0.25) is 0 Å². The van der Waals surface area contributed by atoms with Crippen molar-refractivity contribution in [2.75, 3.05) is 6.54 Å². The van der Waals surface area contributed by atoms with Crippen molar-refractivity contribution in [1.82, 2.24) is 5.32 Å². The quantitative estimate of drug-likeness (QED) is 0.430. The van der Waals surface area contributed by atoms with Gasteiger partial charge in [0, 0.05) is 12.5 Å². The van der Waals surface area contributed by atoms with Crippen LogP contribution in [0.3, 0.4) is 0 Å². The first kappa shape index (κ1) is 21.0. The van der Waals surface area contributed by atoms with Crippen molar-refractivity contribution < 1.29 is 49.4 Å². The first-order valence-electron chi connectivity index (χ1n) is 7.28. The number of hydrogen-bond donors (Lipinski definition) is 2. The Morgan fingerprint density at radius 1 is 1.14 bits per heavy atom. The molecule has 0 radical (unpaired) electrons. The second-order valence-corrected chi connectivity index (χ2v) is 5.17. The predicted molar refractivity (Wildman–Crippen MR) is 77.9 cm³/mol. The number of aryl methyl sites for hydroxylation is 1. The van der Waals surface area contributed by atoms with E-state index in [1.165, 1.54) is 6.07 Å². The molecule has 0 saturated carbocycles. The van der Waals surface area contributed by atoms with E-state index in [4.69, 9.17) is 0 Å². The molecule has 1 aromatic rings. The standard InChI is InChI=1S/C16H23NO4.Na/c1-12-8-9-14(18)13(11-12)16(21)17-10-6-4-2-3-5-7-15(19)20;/h8-9,11,18H,2-7,10H2,1H3,(H,17,21)(H,19,20);/q;+1/p-1. The first-order chi connectivity index (χ1) is 10.0. The molecule has 1 rings (SSSR count). The van der Waals surface area contributed by atoms with Crippen molar-refractivity contribution in [3.05, 3.63) is 29.3 Å². The number of aliphatic carboxylic acids is 1. The third-order valence-electron chi connectivity index (χ3n) is 3.24. The smallest absolute Gasteiger partial charge is 0.550 e. The Bertz CT molecular complexity index is 491. The summed E-state index contributed by atoms with van der Waals surface area (Å²) in [4.78, 5) is 22.1. The molecule has 2 N–H and O–H groups in total. The largest absolute Gasteiger partial charge is 1.00 e. The number of benzene rings is 1. The van der Waals surface area contributed by atoms with Gasteiger partial charge in [-0.1, -0.05) is 30.9 Å². The van der Waals surface area contributed by atoms with E-state index in [9.17, 15) is 19.8 Å². The molecule has 0 aromatic heterocycles. The van der Waals surface area contributed by atoms with Gasteiger partial charge < -0.3 is 20.3 Å². The Balaban J connectivity index is 0.00000441. The molecule has 0 bridgehead atoms. The van der Waals surface area contributed by atoms with Crippen LogP contribution in [0.2, 0.25) is 0 Å². The minimum absolute atomic E-state index is 0. The zero-order valence-electron chi connectivity index (χ0n) is 13.4. The van der Waals surface area contributed by atoms with Crippen LogP contribution in [0.5, 0.6) is 5.75 Å². The van der Waals surface area contributed by atoms with E-state index in [2.05, 4.69) is 5.32 Å². The van der Waals surface area contributed by atoms with Crippen LogP contribution in [0.25, 0.3) is 0 Å². The van der Waals surface area contributed by atoms with E-state index < -0.39 is 5.97 Å². The Kier molecular flexibility index (Phi) is 11.0. The summed E-state index contributed by atoms with van der Waals surface area (Å²) in [5.41, 5.74) is 1.22. The SMILES string of the molecule is Cc1ccc(O)c(C(=O)NCCCCCCCC(=O)[O-])c1.[Na+]. The number of carboxylic acids is 1. The Labute approximate surface area is 153 Å². The molecule has 0 fully saturated rings. The Hall–Kier alpha value is -1.04. The van der Waals surface area contributed by atoms with Crippen LogP contribution in [-0.4, -0.2) is 23.5 Å². The number of hydrogen-bond acceptors (Lipinski definition) is 4. The summed E-state index contributed by atoms with van der Waals surface area (Å²) in [6.45, 7) is 2.41. The number of unbranched alkanes of at least 4 members (excludes halogenated alkanes) is 4. The summed E-state index contributed by atoms with van der Waals surface area (Å²) in [7, 11) is 0. The van der Waals surface area contributed by atoms with Crippen LogP contribution in [0, 0.1) is 6.92 Å².